The van der Waals surface area contributed by atoms with Crippen LogP contribution in [0.3, 0.4) is 0 Å². The molecule has 0 bridgehead atoms. The van der Waals surface area contributed by atoms with Crippen LogP contribution in [0.1, 0.15) is 47.9 Å². The average molecular weight is 376 g/mol. The molecule has 0 heterocycles. The van der Waals surface area contributed by atoms with Gasteiger partial charge < -0.3 is 9.84 Å². The predicted molar refractivity (Wildman–Crippen MR) is 80.5 cm³/mol. The van der Waals surface area contributed by atoms with Gasteiger partial charge in [-0.25, -0.2) is 9.59 Å². The van der Waals surface area contributed by atoms with E-state index in [1.807, 2.05) is 43.4 Å². The largest absolute Gasteiger partial charge is 0.478 e. The lowest BCUT2D eigenvalue weighted by Crippen LogP contribution is -2.24. The second-order valence-electron chi connectivity index (χ2n) is 4.56. The number of carboxylic acids is 1. The standard InChI is InChI=1S/C14H17IO4/c1-4-11(8(2)3)19-14(18)9-6-5-7-10(15)12(9)13(16)17/h5-8,11H,4H2,1-3H3,(H,16,17). The van der Waals surface area contributed by atoms with Crippen LogP contribution in [0.15, 0.2) is 18.2 Å². The fourth-order valence-electron chi connectivity index (χ4n) is 1.80. The number of ether oxygens (including phenoxy) is 1. The highest BCUT2D eigenvalue weighted by Gasteiger charge is 2.23. The zero-order valence-electron chi connectivity index (χ0n) is 11.1. The van der Waals surface area contributed by atoms with Crippen molar-refractivity contribution in [2.24, 2.45) is 5.92 Å². The Morgan fingerprint density at radius 3 is 2.47 bits per heavy atom. The van der Waals surface area contributed by atoms with Crippen molar-refractivity contribution < 1.29 is 19.4 Å². The average Bonchev–Trinajstić information content (AvgIpc) is 2.34. The van der Waals surface area contributed by atoms with Crippen molar-refractivity contribution in [1.29, 1.82) is 0 Å². The summed E-state index contributed by atoms with van der Waals surface area (Å²) in [4.78, 5) is 23.3. The highest BCUT2D eigenvalue weighted by molar-refractivity contribution is 14.1. The summed E-state index contributed by atoms with van der Waals surface area (Å²) in [7, 11) is 0. The number of benzene rings is 1. The van der Waals surface area contributed by atoms with Crippen molar-refractivity contribution >= 4 is 34.5 Å². The van der Waals surface area contributed by atoms with E-state index in [0.29, 0.717) is 9.99 Å². The summed E-state index contributed by atoms with van der Waals surface area (Å²) in [5, 5.41) is 9.18. The van der Waals surface area contributed by atoms with Crippen LogP contribution >= 0.6 is 22.6 Å². The number of hydrogen-bond donors (Lipinski definition) is 1. The maximum absolute atomic E-state index is 12.1. The van der Waals surface area contributed by atoms with Crippen molar-refractivity contribution in [3.05, 3.63) is 32.9 Å². The van der Waals surface area contributed by atoms with Gasteiger partial charge in [0.25, 0.3) is 0 Å². The molecular formula is C14H17IO4. The van der Waals surface area contributed by atoms with E-state index in [-0.39, 0.29) is 23.1 Å². The Labute approximate surface area is 126 Å². The van der Waals surface area contributed by atoms with Crippen LogP contribution in [0, 0.1) is 9.49 Å². The fourth-order valence-corrected chi connectivity index (χ4v) is 2.53. The normalized spacial score (nSPS) is 12.3. The Balaban J connectivity index is 3.07. The molecule has 1 unspecified atom stereocenters. The molecule has 1 atom stereocenters. The van der Waals surface area contributed by atoms with Crippen LogP contribution in [0.25, 0.3) is 0 Å². The number of hydrogen-bond acceptors (Lipinski definition) is 3. The molecule has 104 valence electrons. The molecule has 0 aliphatic rings. The molecule has 0 saturated carbocycles. The smallest absolute Gasteiger partial charge is 0.339 e. The first-order valence-electron chi connectivity index (χ1n) is 6.11. The first kappa shape index (κ1) is 15.9. The molecule has 0 aliphatic carbocycles. The Kier molecular flexibility index (Phi) is 5.78. The summed E-state index contributed by atoms with van der Waals surface area (Å²) >= 11 is 1.90. The molecule has 1 N–H and O–H groups in total. The van der Waals surface area contributed by atoms with Crippen molar-refractivity contribution in [2.45, 2.75) is 33.3 Å². The SMILES string of the molecule is CCC(OC(=O)c1cccc(I)c1C(=O)O)C(C)C. The molecule has 0 aromatic heterocycles. The maximum Gasteiger partial charge on any atom is 0.339 e. The van der Waals surface area contributed by atoms with Gasteiger partial charge in [-0.15, -0.1) is 0 Å². The van der Waals surface area contributed by atoms with Crippen LogP contribution in [0.5, 0.6) is 0 Å². The first-order valence-corrected chi connectivity index (χ1v) is 7.19. The second kappa shape index (κ2) is 6.88. The van der Waals surface area contributed by atoms with Crippen LogP contribution < -0.4 is 0 Å². The van der Waals surface area contributed by atoms with Crippen molar-refractivity contribution in [3.8, 4) is 0 Å². The highest BCUT2D eigenvalue weighted by atomic mass is 127. The number of carbonyl (C=O) groups excluding carboxylic acids is 1. The quantitative estimate of drug-likeness (QED) is 0.630. The van der Waals surface area contributed by atoms with Crippen LogP contribution in [-0.4, -0.2) is 23.1 Å². The molecule has 0 fully saturated rings. The van der Waals surface area contributed by atoms with Crippen LogP contribution in [0.2, 0.25) is 0 Å². The third kappa shape index (κ3) is 3.92. The molecule has 0 amide bonds. The topological polar surface area (TPSA) is 63.6 Å². The zero-order chi connectivity index (χ0) is 14.6. The Morgan fingerprint density at radius 1 is 1.37 bits per heavy atom. The van der Waals surface area contributed by atoms with Crippen molar-refractivity contribution in [2.75, 3.05) is 0 Å². The lowest BCUT2D eigenvalue weighted by atomic mass is 10.0. The molecule has 1 aromatic rings. The number of carboxylic acid groups (broad SMARTS) is 1. The lowest BCUT2D eigenvalue weighted by molar-refractivity contribution is 0.0169. The minimum atomic E-state index is -1.12. The monoisotopic (exact) mass is 376 g/mol. The molecular weight excluding hydrogens is 359 g/mol. The second-order valence-corrected chi connectivity index (χ2v) is 5.73. The van der Waals surface area contributed by atoms with Gasteiger partial charge >= 0.3 is 11.9 Å². The summed E-state index contributed by atoms with van der Waals surface area (Å²) in [5.41, 5.74) is 0.116. The van der Waals surface area contributed by atoms with E-state index in [0.717, 1.165) is 0 Å². The molecule has 0 spiro atoms. The first-order chi connectivity index (χ1) is 8.88. The summed E-state index contributed by atoms with van der Waals surface area (Å²) in [6.45, 7) is 5.87. The van der Waals surface area contributed by atoms with Crippen molar-refractivity contribution in [1.82, 2.24) is 0 Å². The number of carbonyl (C=O) groups is 2. The Bertz CT molecular complexity index is 482. The van der Waals surface area contributed by atoms with Gasteiger partial charge in [0.15, 0.2) is 0 Å². The van der Waals surface area contributed by atoms with Gasteiger partial charge in [-0.1, -0.05) is 26.8 Å². The number of halogens is 1. The van der Waals surface area contributed by atoms with Crippen LogP contribution in [0.4, 0.5) is 0 Å². The maximum atomic E-state index is 12.1. The number of esters is 1. The van der Waals surface area contributed by atoms with E-state index < -0.39 is 11.9 Å². The molecule has 0 saturated heterocycles. The predicted octanol–water partition coefficient (Wildman–Crippen LogP) is 3.58. The molecule has 5 heteroatoms. The summed E-state index contributed by atoms with van der Waals surface area (Å²) in [5.74, 6) is -1.49. The summed E-state index contributed by atoms with van der Waals surface area (Å²) < 4.78 is 5.91. The Morgan fingerprint density at radius 2 is 2.00 bits per heavy atom. The van der Waals surface area contributed by atoms with Crippen LogP contribution in [-0.2, 0) is 4.74 Å². The van der Waals surface area contributed by atoms with Gasteiger partial charge in [0.1, 0.15) is 6.10 Å². The minimum Gasteiger partial charge on any atom is -0.478 e. The van der Waals surface area contributed by atoms with E-state index in [9.17, 15) is 14.7 Å². The zero-order valence-corrected chi connectivity index (χ0v) is 13.3. The molecule has 0 radical (unpaired) electrons. The van der Waals surface area contributed by atoms with Gasteiger partial charge in [0, 0.05) is 3.57 Å². The number of aromatic carboxylic acids is 1. The Hall–Kier alpha value is -1.11. The molecule has 19 heavy (non-hydrogen) atoms. The fraction of sp³-hybridized carbons (Fsp3) is 0.429. The van der Waals surface area contributed by atoms with E-state index in [2.05, 4.69) is 0 Å². The molecule has 1 rings (SSSR count). The third-order valence-electron chi connectivity index (χ3n) is 2.85. The third-order valence-corrected chi connectivity index (χ3v) is 3.75. The van der Waals surface area contributed by atoms with Gasteiger partial charge in [0.05, 0.1) is 11.1 Å². The van der Waals surface area contributed by atoms with Gasteiger partial charge in [0.2, 0.25) is 0 Å². The molecule has 0 aliphatic heterocycles. The number of rotatable bonds is 5. The minimum absolute atomic E-state index is 0.00621. The van der Waals surface area contributed by atoms with E-state index in [1.54, 1.807) is 12.1 Å². The van der Waals surface area contributed by atoms with Gasteiger partial charge in [-0.2, -0.15) is 0 Å². The van der Waals surface area contributed by atoms with E-state index in [1.165, 1.54) is 6.07 Å². The molecule has 1 aromatic carbocycles. The summed E-state index contributed by atoms with van der Waals surface area (Å²) in [6.07, 6.45) is 0.502. The summed E-state index contributed by atoms with van der Waals surface area (Å²) in [6, 6.07) is 4.79. The van der Waals surface area contributed by atoms with Crippen molar-refractivity contribution in [3.63, 3.8) is 0 Å². The lowest BCUT2D eigenvalue weighted by Gasteiger charge is -2.20. The van der Waals surface area contributed by atoms with Gasteiger partial charge in [-0.3, -0.25) is 0 Å². The van der Waals surface area contributed by atoms with E-state index in [4.69, 9.17) is 4.74 Å². The van der Waals surface area contributed by atoms with E-state index >= 15 is 0 Å². The van der Waals surface area contributed by atoms with Gasteiger partial charge in [-0.05, 0) is 47.1 Å². The molecule has 4 nitrogen and oxygen atoms in total. The highest BCUT2D eigenvalue weighted by Crippen LogP contribution is 2.20.